The van der Waals surface area contributed by atoms with Gasteiger partial charge in [-0.2, -0.15) is 13.2 Å². The van der Waals surface area contributed by atoms with Crippen molar-refractivity contribution >= 4 is 5.97 Å². The lowest BCUT2D eigenvalue weighted by Gasteiger charge is -2.35. The van der Waals surface area contributed by atoms with Crippen LogP contribution in [0.4, 0.5) is 13.2 Å². The van der Waals surface area contributed by atoms with Crippen molar-refractivity contribution in [1.82, 2.24) is 4.90 Å². The lowest BCUT2D eigenvalue weighted by molar-refractivity contribution is -0.144. The molecule has 1 aliphatic carbocycles. The van der Waals surface area contributed by atoms with E-state index in [4.69, 9.17) is 4.74 Å². The number of hydrogen-bond acceptors (Lipinski definition) is 3. The number of unbranched alkanes of at least 4 members (excludes halogenated alkanes) is 2. The highest BCUT2D eigenvalue weighted by Crippen LogP contribution is 2.42. The molecule has 0 bridgehead atoms. The first-order valence-electron chi connectivity index (χ1n) is 12.9. The van der Waals surface area contributed by atoms with Crippen molar-refractivity contribution in [3.8, 4) is 0 Å². The quantitative estimate of drug-likeness (QED) is 0.227. The Morgan fingerprint density at radius 3 is 2.20 bits per heavy atom. The number of ether oxygens (including phenoxy) is 1. The molecule has 1 saturated carbocycles. The molecule has 0 N–H and O–H groups in total. The van der Waals surface area contributed by atoms with E-state index in [0.29, 0.717) is 25.5 Å². The minimum Gasteiger partial charge on any atom is -0.466 e. The number of halogens is 3. The molecular weight excluding hydrogens is 451 g/mol. The third-order valence-corrected chi connectivity index (χ3v) is 7.17. The number of rotatable bonds is 12. The monoisotopic (exact) mass is 489 g/mol. The number of hydrogen-bond donors (Lipinski definition) is 0. The van der Waals surface area contributed by atoms with Gasteiger partial charge in [0.05, 0.1) is 12.2 Å². The summed E-state index contributed by atoms with van der Waals surface area (Å²) in [5.41, 5.74) is 1.43. The van der Waals surface area contributed by atoms with Crippen LogP contribution in [0.3, 0.4) is 0 Å². The molecule has 0 saturated heterocycles. The average molecular weight is 490 g/mol. The predicted octanol–water partition coefficient (Wildman–Crippen LogP) is 7.64. The molecule has 0 aliphatic heterocycles. The Morgan fingerprint density at radius 1 is 0.943 bits per heavy atom. The summed E-state index contributed by atoms with van der Waals surface area (Å²) in [6.07, 6.45) is 2.54. The normalized spacial score (nSPS) is 20.3. The smallest absolute Gasteiger partial charge is 0.416 e. The lowest BCUT2D eigenvalue weighted by atomic mass is 9.85. The number of carbonyl (C=O) groups is 1. The van der Waals surface area contributed by atoms with Crippen LogP contribution in [0.15, 0.2) is 54.6 Å². The highest BCUT2D eigenvalue weighted by atomic mass is 19.4. The van der Waals surface area contributed by atoms with E-state index in [1.807, 2.05) is 25.1 Å². The van der Waals surface area contributed by atoms with Gasteiger partial charge in [0.25, 0.3) is 0 Å². The summed E-state index contributed by atoms with van der Waals surface area (Å²) < 4.78 is 44.5. The fourth-order valence-corrected chi connectivity index (χ4v) is 5.47. The van der Waals surface area contributed by atoms with Crippen LogP contribution in [0.1, 0.15) is 75.5 Å². The molecule has 3 rings (SSSR count). The maximum absolute atomic E-state index is 13.1. The van der Waals surface area contributed by atoms with E-state index < -0.39 is 11.7 Å². The van der Waals surface area contributed by atoms with E-state index >= 15 is 0 Å². The molecule has 35 heavy (non-hydrogen) atoms. The van der Waals surface area contributed by atoms with Gasteiger partial charge in [-0.25, -0.2) is 0 Å². The van der Waals surface area contributed by atoms with Crippen molar-refractivity contribution in [2.24, 2.45) is 11.8 Å². The maximum atomic E-state index is 13.1. The number of alkyl halides is 3. The standard InChI is InChI=1S/C29H38F3NO2/c1-3-5-7-12-26-24(19-28(34)35-4-2)15-18-27(26)33(20-22-10-8-6-9-11-22)21-23-13-16-25(17-14-23)29(30,31)32/h6,8-11,13-14,16-17,24,26-27H,3-5,7,12,15,18-21H2,1-2H3/t24-,26-,27-/m1/s1. The van der Waals surface area contributed by atoms with Gasteiger partial charge in [0.1, 0.15) is 0 Å². The van der Waals surface area contributed by atoms with Gasteiger partial charge < -0.3 is 4.74 Å². The van der Waals surface area contributed by atoms with Crippen LogP contribution in [0.25, 0.3) is 0 Å². The first kappa shape index (κ1) is 27.3. The van der Waals surface area contributed by atoms with E-state index in [-0.39, 0.29) is 17.9 Å². The summed E-state index contributed by atoms with van der Waals surface area (Å²) >= 11 is 0. The zero-order valence-corrected chi connectivity index (χ0v) is 20.9. The zero-order valence-electron chi connectivity index (χ0n) is 20.9. The summed E-state index contributed by atoms with van der Waals surface area (Å²) in [7, 11) is 0. The van der Waals surface area contributed by atoms with Gasteiger partial charge >= 0.3 is 12.1 Å². The number of nitrogens with zero attached hydrogens (tertiary/aromatic N) is 1. The van der Waals surface area contributed by atoms with Crippen LogP contribution in [-0.2, 0) is 28.8 Å². The van der Waals surface area contributed by atoms with Crippen molar-refractivity contribution in [1.29, 1.82) is 0 Å². The van der Waals surface area contributed by atoms with Crippen molar-refractivity contribution in [3.05, 3.63) is 71.3 Å². The maximum Gasteiger partial charge on any atom is 0.416 e. The molecule has 6 heteroatoms. The minimum atomic E-state index is -4.33. The molecule has 0 spiro atoms. The molecule has 3 atom stereocenters. The largest absolute Gasteiger partial charge is 0.466 e. The molecule has 3 nitrogen and oxygen atoms in total. The predicted molar refractivity (Wildman–Crippen MR) is 133 cm³/mol. The molecule has 0 radical (unpaired) electrons. The number of esters is 1. The second-order valence-electron chi connectivity index (χ2n) is 9.66. The van der Waals surface area contributed by atoms with Gasteiger partial charge in [0.15, 0.2) is 0 Å². The topological polar surface area (TPSA) is 29.5 Å². The molecule has 192 valence electrons. The van der Waals surface area contributed by atoms with Crippen molar-refractivity contribution < 1.29 is 22.7 Å². The van der Waals surface area contributed by atoms with E-state index in [1.54, 1.807) is 12.1 Å². The fraction of sp³-hybridized carbons (Fsp3) is 0.552. The Hall–Kier alpha value is -2.34. The van der Waals surface area contributed by atoms with Gasteiger partial charge in [-0.1, -0.05) is 68.7 Å². The summed E-state index contributed by atoms with van der Waals surface area (Å²) in [6, 6.07) is 16.0. The summed E-state index contributed by atoms with van der Waals surface area (Å²) in [4.78, 5) is 14.7. The SMILES string of the molecule is CCCCC[C@@H]1[C@@H](CC(=O)OCC)CC[C@H]1N(Cc1ccccc1)Cc1ccc(C(F)(F)F)cc1. The molecular formula is C29H38F3NO2. The highest BCUT2D eigenvalue weighted by molar-refractivity contribution is 5.69. The molecule has 0 amide bonds. The Balaban J connectivity index is 1.83. The molecule has 2 aromatic rings. The number of carbonyl (C=O) groups excluding carboxylic acids is 1. The second-order valence-corrected chi connectivity index (χ2v) is 9.66. The summed E-state index contributed by atoms with van der Waals surface area (Å²) in [5, 5.41) is 0. The van der Waals surface area contributed by atoms with E-state index in [2.05, 4.69) is 24.0 Å². The average Bonchev–Trinajstić information content (AvgIpc) is 3.21. The Labute approximate surface area is 207 Å². The van der Waals surface area contributed by atoms with Gasteiger partial charge in [0, 0.05) is 25.6 Å². The van der Waals surface area contributed by atoms with Crippen molar-refractivity contribution in [2.45, 2.75) is 84.1 Å². The zero-order chi connectivity index (χ0) is 25.3. The Kier molecular flexibility index (Phi) is 10.2. The summed E-state index contributed by atoms with van der Waals surface area (Å²) in [5.74, 6) is 0.516. The Morgan fingerprint density at radius 2 is 1.60 bits per heavy atom. The van der Waals surface area contributed by atoms with Crippen molar-refractivity contribution in [3.63, 3.8) is 0 Å². The minimum absolute atomic E-state index is 0.129. The van der Waals surface area contributed by atoms with Crippen molar-refractivity contribution in [2.75, 3.05) is 6.61 Å². The van der Waals surface area contributed by atoms with E-state index in [1.165, 1.54) is 17.7 Å². The summed E-state index contributed by atoms with van der Waals surface area (Å²) in [6.45, 7) is 5.72. The first-order chi connectivity index (χ1) is 16.8. The van der Waals surface area contributed by atoms with Gasteiger partial charge in [0.2, 0.25) is 0 Å². The van der Waals surface area contributed by atoms with E-state index in [0.717, 1.165) is 50.6 Å². The number of benzene rings is 2. The second kappa shape index (κ2) is 13.1. The third-order valence-electron chi connectivity index (χ3n) is 7.17. The van der Waals surface area contributed by atoms with E-state index in [9.17, 15) is 18.0 Å². The first-order valence-corrected chi connectivity index (χ1v) is 12.9. The molecule has 1 fully saturated rings. The lowest BCUT2D eigenvalue weighted by Crippen LogP contribution is -2.38. The molecule has 2 aromatic carbocycles. The fourth-order valence-electron chi connectivity index (χ4n) is 5.47. The molecule has 1 aliphatic rings. The van der Waals surface area contributed by atoms with Gasteiger partial charge in [-0.15, -0.1) is 0 Å². The van der Waals surface area contributed by atoms with Gasteiger partial charge in [-0.3, -0.25) is 9.69 Å². The van der Waals surface area contributed by atoms with Crippen LogP contribution in [0.5, 0.6) is 0 Å². The Bertz CT molecular complexity index is 898. The van der Waals surface area contributed by atoms with Crippen LogP contribution < -0.4 is 0 Å². The van der Waals surface area contributed by atoms with Crippen LogP contribution in [0, 0.1) is 11.8 Å². The molecule has 0 heterocycles. The van der Waals surface area contributed by atoms with Gasteiger partial charge in [-0.05, 0) is 61.3 Å². The van der Waals surface area contributed by atoms with Crippen LogP contribution >= 0.6 is 0 Å². The van der Waals surface area contributed by atoms with Crippen LogP contribution in [-0.4, -0.2) is 23.5 Å². The molecule has 0 unspecified atom stereocenters. The highest BCUT2D eigenvalue weighted by Gasteiger charge is 2.40. The van der Waals surface area contributed by atoms with Crippen LogP contribution in [0.2, 0.25) is 0 Å². The molecule has 0 aromatic heterocycles. The third kappa shape index (κ3) is 8.09.